The van der Waals surface area contributed by atoms with Crippen LogP contribution in [-0.2, 0) is 4.74 Å². The zero-order valence-electron chi connectivity index (χ0n) is 8.80. The van der Waals surface area contributed by atoms with E-state index >= 15 is 0 Å². The van der Waals surface area contributed by atoms with Crippen molar-refractivity contribution >= 4 is 21.6 Å². The van der Waals surface area contributed by atoms with E-state index < -0.39 is 0 Å². The number of anilines is 1. The average molecular weight is 258 g/mol. The summed E-state index contributed by atoms with van der Waals surface area (Å²) in [5.41, 5.74) is 2.36. The summed E-state index contributed by atoms with van der Waals surface area (Å²) in [5, 5.41) is 3.32. The minimum atomic E-state index is 0.225. The number of aryl methyl sites for hydroxylation is 1. The summed E-state index contributed by atoms with van der Waals surface area (Å²) in [5.74, 6) is 0. The SMILES string of the molecule is COC(C)CNc1ccc(C)cc1Br. The van der Waals surface area contributed by atoms with Gasteiger partial charge in [0.15, 0.2) is 0 Å². The van der Waals surface area contributed by atoms with Gasteiger partial charge in [-0.2, -0.15) is 0 Å². The molecule has 0 fully saturated rings. The fourth-order valence-electron chi connectivity index (χ4n) is 1.10. The highest BCUT2D eigenvalue weighted by molar-refractivity contribution is 9.10. The first-order valence-electron chi connectivity index (χ1n) is 4.66. The maximum Gasteiger partial charge on any atom is 0.0715 e. The lowest BCUT2D eigenvalue weighted by atomic mass is 10.2. The van der Waals surface area contributed by atoms with E-state index in [1.807, 2.05) is 6.92 Å². The smallest absolute Gasteiger partial charge is 0.0715 e. The Labute approximate surface area is 93.8 Å². The largest absolute Gasteiger partial charge is 0.382 e. The Bertz CT molecular complexity index is 301. The number of rotatable bonds is 4. The van der Waals surface area contributed by atoms with E-state index in [4.69, 9.17) is 4.74 Å². The van der Waals surface area contributed by atoms with Crippen LogP contribution < -0.4 is 5.32 Å². The molecule has 0 aliphatic heterocycles. The molecule has 1 aromatic carbocycles. The molecule has 78 valence electrons. The number of hydrogen-bond donors (Lipinski definition) is 1. The van der Waals surface area contributed by atoms with Gasteiger partial charge in [0.1, 0.15) is 0 Å². The molecule has 0 aliphatic rings. The molecule has 1 atom stereocenters. The van der Waals surface area contributed by atoms with Crippen molar-refractivity contribution in [1.29, 1.82) is 0 Å². The molecule has 1 unspecified atom stereocenters. The lowest BCUT2D eigenvalue weighted by Crippen LogP contribution is -2.18. The van der Waals surface area contributed by atoms with Gasteiger partial charge in [0.05, 0.1) is 6.10 Å². The van der Waals surface area contributed by atoms with E-state index in [0.29, 0.717) is 0 Å². The quantitative estimate of drug-likeness (QED) is 0.895. The van der Waals surface area contributed by atoms with Crippen molar-refractivity contribution in [1.82, 2.24) is 0 Å². The molecule has 0 amide bonds. The van der Waals surface area contributed by atoms with Crippen LogP contribution in [0.2, 0.25) is 0 Å². The van der Waals surface area contributed by atoms with Crippen molar-refractivity contribution in [3.8, 4) is 0 Å². The average Bonchev–Trinajstić information content (AvgIpc) is 2.16. The van der Waals surface area contributed by atoms with Crippen LogP contribution in [0.15, 0.2) is 22.7 Å². The molecule has 14 heavy (non-hydrogen) atoms. The van der Waals surface area contributed by atoms with Crippen molar-refractivity contribution in [2.75, 3.05) is 19.0 Å². The third kappa shape index (κ3) is 3.31. The molecule has 0 aromatic heterocycles. The summed E-state index contributed by atoms with van der Waals surface area (Å²) >= 11 is 3.52. The second-order valence-corrected chi connectivity index (χ2v) is 4.26. The van der Waals surface area contributed by atoms with Crippen molar-refractivity contribution in [2.24, 2.45) is 0 Å². The highest BCUT2D eigenvalue weighted by Crippen LogP contribution is 2.23. The Balaban J connectivity index is 2.59. The molecule has 0 spiro atoms. The van der Waals surface area contributed by atoms with Crippen LogP contribution >= 0.6 is 15.9 Å². The summed E-state index contributed by atoms with van der Waals surface area (Å²) in [4.78, 5) is 0. The molecule has 1 aromatic rings. The first-order chi connectivity index (χ1) is 6.63. The van der Waals surface area contributed by atoms with Gasteiger partial charge >= 0.3 is 0 Å². The van der Waals surface area contributed by atoms with Gasteiger partial charge in [-0.25, -0.2) is 0 Å². The van der Waals surface area contributed by atoms with Crippen molar-refractivity contribution < 1.29 is 4.74 Å². The highest BCUT2D eigenvalue weighted by atomic mass is 79.9. The maximum atomic E-state index is 5.16. The topological polar surface area (TPSA) is 21.3 Å². The Hall–Kier alpha value is -0.540. The monoisotopic (exact) mass is 257 g/mol. The van der Waals surface area contributed by atoms with Gasteiger partial charge in [0.25, 0.3) is 0 Å². The van der Waals surface area contributed by atoms with Gasteiger partial charge in [-0.05, 0) is 47.5 Å². The van der Waals surface area contributed by atoms with Crippen molar-refractivity contribution in [2.45, 2.75) is 20.0 Å². The van der Waals surface area contributed by atoms with Gasteiger partial charge in [-0.1, -0.05) is 6.07 Å². The number of hydrogen-bond acceptors (Lipinski definition) is 2. The van der Waals surface area contributed by atoms with E-state index in [0.717, 1.165) is 16.7 Å². The fourth-order valence-corrected chi connectivity index (χ4v) is 1.73. The molecular weight excluding hydrogens is 242 g/mol. The normalized spacial score (nSPS) is 12.6. The van der Waals surface area contributed by atoms with E-state index in [2.05, 4.69) is 46.4 Å². The highest BCUT2D eigenvalue weighted by Gasteiger charge is 2.02. The van der Waals surface area contributed by atoms with Crippen LogP contribution in [0.4, 0.5) is 5.69 Å². The van der Waals surface area contributed by atoms with E-state index in [1.165, 1.54) is 5.56 Å². The van der Waals surface area contributed by atoms with Crippen molar-refractivity contribution in [3.63, 3.8) is 0 Å². The molecule has 0 saturated carbocycles. The molecule has 1 rings (SSSR count). The van der Waals surface area contributed by atoms with Gasteiger partial charge < -0.3 is 10.1 Å². The molecule has 0 aliphatic carbocycles. The lowest BCUT2D eigenvalue weighted by Gasteiger charge is -2.13. The molecule has 3 heteroatoms. The molecule has 0 bridgehead atoms. The van der Waals surface area contributed by atoms with Crippen LogP contribution in [0.1, 0.15) is 12.5 Å². The van der Waals surface area contributed by atoms with Crippen LogP contribution in [0, 0.1) is 6.92 Å². The number of benzene rings is 1. The zero-order valence-corrected chi connectivity index (χ0v) is 10.4. The molecule has 0 heterocycles. The minimum Gasteiger partial charge on any atom is -0.382 e. The predicted molar refractivity (Wildman–Crippen MR) is 63.8 cm³/mol. The van der Waals surface area contributed by atoms with Crippen LogP contribution in [0.25, 0.3) is 0 Å². The third-order valence-corrected chi connectivity index (χ3v) is 2.76. The standard InChI is InChI=1S/C11H16BrNO/c1-8-4-5-11(10(12)6-8)13-7-9(2)14-3/h4-6,9,13H,7H2,1-3H3. The maximum absolute atomic E-state index is 5.16. The first-order valence-corrected chi connectivity index (χ1v) is 5.45. The molecule has 0 saturated heterocycles. The van der Waals surface area contributed by atoms with Crippen molar-refractivity contribution in [3.05, 3.63) is 28.2 Å². The van der Waals surface area contributed by atoms with E-state index in [-0.39, 0.29) is 6.10 Å². The van der Waals surface area contributed by atoms with Gasteiger partial charge in [0, 0.05) is 23.8 Å². The lowest BCUT2D eigenvalue weighted by molar-refractivity contribution is 0.129. The number of methoxy groups -OCH3 is 1. The summed E-state index contributed by atoms with van der Waals surface area (Å²) in [6, 6.07) is 6.26. The first kappa shape index (κ1) is 11.5. The number of halogens is 1. The van der Waals surface area contributed by atoms with Crippen LogP contribution in [0.5, 0.6) is 0 Å². The summed E-state index contributed by atoms with van der Waals surface area (Å²) in [7, 11) is 1.72. The second kappa shape index (κ2) is 5.37. The second-order valence-electron chi connectivity index (χ2n) is 3.41. The number of ether oxygens (including phenoxy) is 1. The molecule has 2 nitrogen and oxygen atoms in total. The number of nitrogens with one attached hydrogen (secondary N) is 1. The van der Waals surface area contributed by atoms with Gasteiger partial charge in [-0.15, -0.1) is 0 Å². The predicted octanol–water partition coefficient (Wildman–Crippen LogP) is 3.20. The summed E-state index contributed by atoms with van der Waals surface area (Å²) < 4.78 is 6.26. The van der Waals surface area contributed by atoms with E-state index in [9.17, 15) is 0 Å². The van der Waals surface area contributed by atoms with Crippen LogP contribution in [0.3, 0.4) is 0 Å². The zero-order chi connectivity index (χ0) is 10.6. The summed E-state index contributed by atoms with van der Waals surface area (Å²) in [6.45, 7) is 4.93. The molecular formula is C11H16BrNO. The fraction of sp³-hybridized carbons (Fsp3) is 0.455. The third-order valence-electron chi connectivity index (χ3n) is 2.11. The minimum absolute atomic E-state index is 0.225. The Kier molecular flexibility index (Phi) is 4.42. The Morgan fingerprint density at radius 1 is 1.50 bits per heavy atom. The van der Waals surface area contributed by atoms with Crippen LogP contribution in [-0.4, -0.2) is 19.8 Å². The van der Waals surface area contributed by atoms with Gasteiger partial charge in [-0.3, -0.25) is 0 Å². The Morgan fingerprint density at radius 3 is 2.79 bits per heavy atom. The molecule has 0 radical (unpaired) electrons. The van der Waals surface area contributed by atoms with Gasteiger partial charge in [0.2, 0.25) is 0 Å². The van der Waals surface area contributed by atoms with E-state index in [1.54, 1.807) is 7.11 Å². The Morgan fingerprint density at radius 2 is 2.21 bits per heavy atom. The molecule has 1 N–H and O–H groups in total. The summed E-state index contributed by atoms with van der Waals surface area (Å²) in [6.07, 6.45) is 0.225.